The summed E-state index contributed by atoms with van der Waals surface area (Å²) in [6, 6.07) is 5.80. The lowest BCUT2D eigenvalue weighted by Crippen LogP contribution is -2.70. The zero-order chi connectivity index (χ0) is 30.5. The fourth-order valence-electron chi connectivity index (χ4n) is 8.97. The predicted octanol–water partition coefficient (Wildman–Crippen LogP) is 8.75. The van der Waals surface area contributed by atoms with Crippen LogP contribution >= 0.6 is 0 Å². The van der Waals surface area contributed by atoms with Gasteiger partial charge in [-0.3, -0.25) is 10.1 Å². The monoisotopic (exact) mass is 575 g/mol. The topological polar surface area (TPSA) is 72.5 Å². The van der Waals surface area contributed by atoms with Crippen molar-refractivity contribution in [2.45, 2.75) is 112 Å². The Morgan fingerprint density at radius 2 is 1.69 bits per heavy atom. The summed E-state index contributed by atoms with van der Waals surface area (Å²) in [6.07, 6.45) is 13.8. The van der Waals surface area contributed by atoms with Gasteiger partial charge in [-0.05, 0) is 101 Å². The number of para-hydroxylation sites is 1. The van der Waals surface area contributed by atoms with Crippen LogP contribution in [0.1, 0.15) is 105 Å². The van der Waals surface area contributed by atoms with Gasteiger partial charge < -0.3 is 4.74 Å². The highest BCUT2D eigenvalue weighted by Gasteiger charge is 2.68. The number of amides is 3. The summed E-state index contributed by atoms with van der Waals surface area (Å²) in [5.74, 6) is 0.662. The number of imide groups is 1. The highest BCUT2D eigenvalue weighted by Crippen LogP contribution is 2.64. The van der Waals surface area contributed by atoms with Crippen molar-refractivity contribution < 1.29 is 23.6 Å². The van der Waals surface area contributed by atoms with Crippen LogP contribution in [0, 0.1) is 28.6 Å². The van der Waals surface area contributed by atoms with Gasteiger partial charge in [0.25, 0.3) is 0 Å². The van der Waals surface area contributed by atoms with Crippen molar-refractivity contribution in [2.75, 3.05) is 11.9 Å². The Hall–Kier alpha value is -2.73. The van der Waals surface area contributed by atoms with E-state index in [2.05, 4.69) is 51.2 Å². The molecule has 1 aromatic rings. The lowest BCUT2D eigenvalue weighted by molar-refractivity contribution is -0.758. The normalized spacial score (nSPS) is 33.7. The summed E-state index contributed by atoms with van der Waals surface area (Å²) in [4.78, 5) is 42.8. The predicted molar refractivity (Wildman–Crippen MR) is 167 cm³/mol. The number of fused-ring (bicyclic) bond motifs is 5. The molecule has 0 bridgehead atoms. The maximum atomic E-state index is 15.1. The van der Waals surface area contributed by atoms with Gasteiger partial charge >= 0.3 is 12.1 Å². The van der Waals surface area contributed by atoms with Gasteiger partial charge in [0.05, 0.1) is 11.1 Å². The molecule has 1 aliphatic heterocycles. The number of hydrogen-bond acceptors (Lipinski definition) is 4. The number of piperidine rings is 1. The molecule has 6 atom stereocenters. The minimum atomic E-state index is -0.799. The molecule has 1 unspecified atom stereocenters. The number of urea groups is 1. The van der Waals surface area contributed by atoms with Crippen LogP contribution < -0.4 is 5.32 Å². The van der Waals surface area contributed by atoms with Crippen molar-refractivity contribution in [2.24, 2.45) is 28.6 Å². The second kappa shape index (κ2) is 11.1. The van der Waals surface area contributed by atoms with E-state index in [1.54, 1.807) is 12.2 Å². The number of anilines is 1. The summed E-state index contributed by atoms with van der Waals surface area (Å²) in [5.41, 5.74) is 2.34. The number of nitrogens with one attached hydrogen (secondary N) is 1. The van der Waals surface area contributed by atoms with Gasteiger partial charge in [0.2, 0.25) is 0 Å². The molecule has 1 N–H and O–H groups in total. The molecule has 42 heavy (non-hydrogen) atoms. The molecule has 228 valence electrons. The molecule has 1 aromatic carbocycles. The summed E-state index contributed by atoms with van der Waals surface area (Å²) in [6.45, 7) is 14.7. The number of likely N-dealkylation sites (tertiary alicyclic amines) is 1. The van der Waals surface area contributed by atoms with Crippen LogP contribution in [0.3, 0.4) is 0 Å². The molecule has 1 heterocycles. The zero-order valence-electron chi connectivity index (χ0n) is 26.8. The third-order valence-electron chi connectivity index (χ3n) is 10.9. The molecule has 3 fully saturated rings. The van der Waals surface area contributed by atoms with Crippen LogP contribution in [0.4, 0.5) is 15.3 Å². The van der Waals surface area contributed by atoms with Crippen molar-refractivity contribution in [3.05, 3.63) is 53.3 Å². The van der Waals surface area contributed by atoms with Crippen molar-refractivity contribution >= 4 is 23.6 Å². The Balaban J connectivity index is 1.70. The van der Waals surface area contributed by atoms with Gasteiger partial charge in [-0.15, -0.1) is 4.48 Å². The van der Waals surface area contributed by atoms with Crippen molar-refractivity contribution in [1.82, 2.24) is 0 Å². The first kappa shape index (κ1) is 30.7. The molecular weight excluding hydrogens is 524 g/mol. The first-order valence-electron chi connectivity index (χ1n) is 16.3. The fourth-order valence-corrected chi connectivity index (χ4v) is 8.97. The third kappa shape index (κ3) is 5.08. The molecule has 4 aliphatic rings. The van der Waals surface area contributed by atoms with E-state index in [0.717, 1.165) is 61.8 Å². The Morgan fingerprint density at radius 3 is 2.31 bits per heavy atom. The average Bonchev–Trinajstić information content (AvgIpc) is 3.31. The van der Waals surface area contributed by atoms with E-state index in [0.29, 0.717) is 18.2 Å². The van der Waals surface area contributed by atoms with Crippen molar-refractivity contribution in [3.63, 3.8) is 0 Å². The SMILES string of the molecule is CCCc1cccc(CCC)c1NC(=O)[N+]1(C(=O)OC(C)(C)C)C[C@H]2[C@@H]3CCC[C@@]3(C)CC[C@@H]2[C@@]2(C)C=CC(=O)C=C21. The minimum Gasteiger partial charge on any atom is -0.414 e. The standard InChI is InChI=1S/C36H50N2O4/c1-8-12-24-14-10-15-25(13-9-2)31(24)37-32(40)38(33(41)42-34(3,4)5)23-27-28-16-11-19-35(28,6)20-18-29(27)36(7)21-17-26(39)22-30(36)38/h10,14-15,17,21-22,27-29H,8-9,11-13,16,18-20,23H2,1-7H3/p+1/t27-,28-,29-,35-,36+,38?/m0/s1. The van der Waals surface area contributed by atoms with Crippen LogP contribution in [0.5, 0.6) is 0 Å². The van der Waals surface area contributed by atoms with Gasteiger partial charge in [0, 0.05) is 12.0 Å². The van der Waals surface area contributed by atoms with Crippen LogP contribution in [0.25, 0.3) is 0 Å². The number of nitrogens with zero attached hydrogens (tertiary/aromatic N) is 1. The van der Waals surface area contributed by atoms with Gasteiger partial charge in [-0.25, -0.2) is 4.79 Å². The lowest BCUT2D eigenvalue weighted by Gasteiger charge is -2.58. The molecule has 0 aromatic heterocycles. The molecule has 5 rings (SSSR count). The van der Waals surface area contributed by atoms with E-state index < -0.39 is 27.6 Å². The Kier molecular flexibility index (Phi) is 8.10. The molecule has 6 nitrogen and oxygen atoms in total. The number of carbonyl (C=O) groups excluding carboxylic acids is 3. The summed E-state index contributed by atoms with van der Waals surface area (Å²) in [5, 5.41) is 3.31. The van der Waals surface area contributed by atoms with Crippen LogP contribution in [0.15, 0.2) is 42.1 Å². The quantitative estimate of drug-likeness (QED) is 0.356. The molecule has 6 heteroatoms. The highest BCUT2D eigenvalue weighted by atomic mass is 16.6. The maximum absolute atomic E-state index is 15.1. The Bertz CT molecular complexity index is 1300. The summed E-state index contributed by atoms with van der Waals surface area (Å²) < 4.78 is 5.53. The molecule has 1 saturated heterocycles. The fraction of sp³-hybridized carbons (Fsp3) is 0.639. The first-order chi connectivity index (χ1) is 19.8. The number of aryl methyl sites for hydroxylation is 2. The average molecular weight is 576 g/mol. The summed E-state index contributed by atoms with van der Waals surface area (Å²) >= 11 is 0. The molecule has 3 amide bonds. The number of allylic oxidation sites excluding steroid dienone is 3. The number of ketones is 1. The third-order valence-corrected chi connectivity index (χ3v) is 10.9. The molecule has 3 aliphatic carbocycles. The van der Waals surface area contributed by atoms with Gasteiger partial charge in [0.15, 0.2) is 5.78 Å². The summed E-state index contributed by atoms with van der Waals surface area (Å²) in [7, 11) is 0. The zero-order valence-corrected chi connectivity index (χ0v) is 26.8. The van der Waals surface area contributed by atoms with Gasteiger partial charge in [0.1, 0.15) is 17.8 Å². The lowest BCUT2D eigenvalue weighted by atomic mass is 9.51. The molecule has 0 radical (unpaired) electrons. The van der Waals surface area contributed by atoms with Crippen molar-refractivity contribution in [3.8, 4) is 0 Å². The molecular formula is C36H51N2O4+. The van der Waals surface area contributed by atoms with Crippen molar-refractivity contribution in [1.29, 1.82) is 0 Å². The minimum absolute atomic E-state index is 0.158. The Morgan fingerprint density at radius 1 is 1.02 bits per heavy atom. The van der Waals surface area contributed by atoms with E-state index in [4.69, 9.17) is 4.74 Å². The van der Waals surface area contributed by atoms with Crippen LogP contribution in [-0.4, -0.2) is 34.5 Å². The maximum Gasteiger partial charge on any atom is 0.530 e. The molecule has 0 spiro atoms. The van der Waals surface area contributed by atoms with E-state index in [9.17, 15) is 9.59 Å². The number of carbonyl (C=O) groups is 3. The largest absolute Gasteiger partial charge is 0.530 e. The van der Waals surface area contributed by atoms with Crippen LogP contribution in [0.2, 0.25) is 0 Å². The number of ether oxygens (including phenoxy) is 1. The smallest absolute Gasteiger partial charge is 0.414 e. The van der Waals surface area contributed by atoms with E-state index in [-0.39, 0.29) is 23.0 Å². The van der Waals surface area contributed by atoms with Crippen LogP contribution in [-0.2, 0) is 22.4 Å². The Labute approximate surface area is 252 Å². The van der Waals surface area contributed by atoms with E-state index in [1.165, 1.54) is 12.8 Å². The number of hydrogen-bond donors (Lipinski definition) is 1. The second-order valence-corrected chi connectivity index (χ2v) is 14.9. The number of quaternary nitrogens is 1. The number of rotatable bonds is 5. The first-order valence-corrected chi connectivity index (χ1v) is 16.3. The second-order valence-electron chi connectivity index (χ2n) is 14.9. The number of benzene rings is 1. The van der Waals surface area contributed by atoms with Gasteiger partial charge in [-0.2, -0.15) is 4.79 Å². The highest BCUT2D eigenvalue weighted by molar-refractivity contribution is 6.02. The van der Waals surface area contributed by atoms with Gasteiger partial charge in [-0.1, -0.05) is 64.3 Å². The van der Waals surface area contributed by atoms with E-state index in [1.807, 2.05) is 26.8 Å². The van der Waals surface area contributed by atoms with E-state index >= 15 is 4.79 Å². The molecule has 2 saturated carbocycles.